The van der Waals surface area contributed by atoms with Crippen LogP contribution in [-0.4, -0.2) is 59.4 Å². The molecule has 9 nitrogen and oxygen atoms in total. The quantitative estimate of drug-likeness (QED) is 0.604. The van der Waals surface area contributed by atoms with Gasteiger partial charge in [0.1, 0.15) is 0 Å². The molecule has 1 aromatic heterocycles. The highest BCUT2D eigenvalue weighted by molar-refractivity contribution is 5.93. The van der Waals surface area contributed by atoms with E-state index in [0.717, 1.165) is 39.3 Å². The van der Waals surface area contributed by atoms with Crippen molar-refractivity contribution in [3.63, 3.8) is 0 Å². The van der Waals surface area contributed by atoms with Crippen molar-refractivity contribution in [2.45, 2.75) is 0 Å². The van der Waals surface area contributed by atoms with E-state index in [-0.39, 0.29) is 11.2 Å². The maximum absolute atomic E-state index is 10.9. The van der Waals surface area contributed by atoms with Gasteiger partial charge in [-0.15, -0.1) is 0 Å². The summed E-state index contributed by atoms with van der Waals surface area (Å²) in [7, 11) is 0. The van der Waals surface area contributed by atoms with E-state index in [4.69, 9.17) is 0 Å². The predicted molar refractivity (Wildman–Crippen MR) is 76.3 cm³/mol. The van der Waals surface area contributed by atoms with Crippen molar-refractivity contribution >= 4 is 22.4 Å². The molecule has 0 amide bonds. The molecule has 112 valence electrons. The lowest BCUT2D eigenvalue weighted by molar-refractivity contribution is -0.383. The van der Waals surface area contributed by atoms with E-state index in [1.807, 2.05) is 0 Å². The second-order valence-corrected chi connectivity index (χ2v) is 4.87. The lowest BCUT2D eigenvalue weighted by Gasteiger charge is -2.27. The van der Waals surface area contributed by atoms with Crippen LogP contribution in [0.1, 0.15) is 0 Å². The van der Waals surface area contributed by atoms with Gasteiger partial charge in [-0.25, -0.2) is 4.63 Å². The molecule has 2 aromatic rings. The Morgan fingerprint density at radius 1 is 1.33 bits per heavy atom. The number of rotatable bonds is 5. The second-order valence-electron chi connectivity index (χ2n) is 4.87. The third kappa shape index (κ3) is 2.93. The molecular formula is C12H16N6O3. The molecule has 0 aliphatic carbocycles. The Balaban J connectivity index is 1.68. The van der Waals surface area contributed by atoms with Crippen LogP contribution in [-0.2, 0) is 0 Å². The van der Waals surface area contributed by atoms with Crippen LogP contribution in [0.4, 0.5) is 11.4 Å². The lowest BCUT2D eigenvalue weighted by Crippen LogP contribution is -2.45. The van der Waals surface area contributed by atoms with Crippen LogP contribution in [0.25, 0.3) is 11.0 Å². The molecule has 1 aliphatic heterocycles. The summed E-state index contributed by atoms with van der Waals surface area (Å²) in [6.07, 6.45) is 0. The van der Waals surface area contributed by atoms with Gasteiger partial charge in [-0.05, 0) is 16.4 Å². The molecule has 9 heteroatoms. The summed E-state index contributed by atoms with van der Waals surface area (Å²) < 4.78 is 4.63. The Labute approximate surface area is 120 Å². The van der Waals surface area contributed by atoms with E-state index in [0.29, 0.717) is 11.2 Å². The molecule has 3 rings (SSSR count). The molecule has 0 spiro atoms. The minimum absolute atomic E-state index is 0.0982. The number of nitro groups is 1. The van der Waals surface area contributed by atoms with Crippen LogP contribution in [0.3, 0.4) is 0 Å². The van der Waals surface area contributed by atoms with E-state index >= 15 is 0 Å². The Hall–Kier alpha value is -2.26. The second kappa shape index (κ2) is 6.02. The van der Waals surface area contributed by atoms with Crippen LogP contribution in [0.15, 0.2) is 16.8 Å². The first kappa shape index (κ1) is 13.7. The summed E-state index contributed by atoms with van der Waals surface area (Å²) in [5, 5.41) is 24.8. The number of nitro benzene ring substituents is 1. The van der Waals surface area contributed by atoms with E-state index < -0.39 is 4.92 Å². The molecule has 0 saturated carbocycles. The normalized spacial score (nSPS) is 16.2. The minimum Gasteiger partial charge on any atom is -0.382 e. The topological polar surface area (TPSA) is 109 Å². The van der Waals surface area contributed by atoms with Crippen molar-refractivity contribution in [1.82, 2.24) is 20.5 Å². The minimum atomic E-state index is -0.489. The molecule has 1 aromatic carbocycles. The first-order valence-corrected chi connectivity index (χ1v) is 6.82. The van der Waals surface area contributed by atoms with Gasteiger partial charge in [-0.1, -0.05) is 0 Å². The van der Waals surface area contributed by atoms with Gasteiger partial charge >= 0.3 is 5.69 Å². The molecule has 0 radical (unpaired) electrons. The van der Waals surface area contributed by atoms with Gasteiger partial charge < -0.3 is 10.6 Å². The maximum Gasteiger partial charge on any atom is 0.300 e. The third-order valence-corrected chi connectivity index (χ3v) is 3.54. The Morgan fingerprint density at radius 2 is 2.10 bits per heavy atom. The van der Waals surface area contributed by atoms with Gasteiger partial charge in [0.25, 0.3) is 0 Å². The summed E-state index contributed by atoms with van der Waals surface area (Å²) >= 11 is 0. The monoisotopic (exact) mass is 292 g/mol. The molecular weight excluding hydrogens is 276 g/mol. The van der Waals surface area contributed by atoms with Crippen LogP contribution >= 0.6 is 0 Å². The summed E-state index contributed by atoms with van der Waals surface area (Å²) in [5.41, 5.74) is 1.17. The molecule has 1 aliphatic rings. The molecule has 2 heterocycles. The molecule has 21 heavy (non-hydrogen) atoms. The van der Waals surface area contributed by atoms with E-state index in [9.17, 15) is 10.1 Å². The van der Waals surface area contributed by atoms with Crippen LogP contribution in [0.5, 0.6) is 0 Å². The van der Waals surface area contributed by atoms with Gasteiger partial charge in [0.15, 0.2) is 5.52 Å². The number of hydrogen-bond acceptors (Lipinski definition) is 8. The molecule has 0 unspecified atom stereocenters. The fourth-order valence-electron chi connectivity index (χ4n) is 2.43. The number of hydrogen-bond donors (Lipinski definition) is 2. The molecule has 2 N–H and O–H groups in total. The van der Waals surface area contributed by atoms with Crippen LogP contribution < -0.4 is 10.6 Å². The van der Waals surface area contributed by atoms with Crippen molar-refractivity contribution in [3.05, 3.63) is 22.2 Å². The number of non-ortho nitro benzene ring substituents is 1. The van der Waals surface area contributed by atoms with E-state index in [2.05, 4.69) is 30.5 Å². The number of piperazine rings is 1. The predicted octanol–water partition coefficient (Wildman–Crippen LogP) is 0.448. The Morgan fingerprint density at radius 3 is 2.86 bits per heavy atom. The van der Waals surface area contributed by atoms with Crippen LogP contribution in [0.2, 0.25) is 0 Å². The molecule has 1 saturated heterocycles. The van der Waals surface area contributed by atoms with E-state index in [1.54, 1.807) is 6.07 Å². The summed E-state index contributed by atoms with van der Waals surface area (Å²) in [6, 6.07) is 3.06. The largest absolute Gasteiger partial charge is 0.382 e. The number of aromatic nitrogens is 2. The number of nitrogens with one attached hydrogen (secondary N) is 2. The van der Waals surface area contributed by atoms with Gasteiger partial charge in [-0.3, -0.25) is 15.0 Å². The highest BCUT2D eigenvalue weighted by Gasteiger charge is 2.19. The number of anilines is 1. The van der Waals surface area contributed by atoms with Gasteiger partial charge in [-0.2, -0.15) is 0 Å². The zero-order chi connectivity index (χ0) is 14.7. The lowest BCUT2D eigenvalue weighted by atomic mass is 10.2. The average molecular weight is 292 g/mol. The van der Waals surface area contributed by atoms with Crippen molar-refractivity contribution in [3.8, 4) is 0 Å². The number of fused-ring (bicyclic) bond motifs is 1. The Bertz CT molecular complexity index is 637. The number of nitrogens with zero attached hydrogens (tertiary/aromatic N) is 4. The average Bonchev–Trinajstić information content (AvgIpc) is 2.98. The van der Waals surface area contributed by atoms with Crippen LogP contribution in [0, 0.1) is 10.1 Å². The molecule has 1 fully saturated rings. The smallest absolute Gasteiger partial charge is 0.300 e. The summed E-state index contributed by atoms with van der Waals surface area (Å²) in [6.45, 7) is 5.72. The highest BCUT2D eigenvalue weighted by atomic mass is 16.6. The van der Waals surface area contributed by atoms with Gasteiger partial charge in [0, 0.05) is 45.3 Å². The standard InChI is InChI=1S/C12H16N6O3/c19-18(20)10-2-1-9(11-12(10)16-21-15-11)14-5-8-17-6-3-13-4-7-17/h1-2,13-14H,3-8H2. The van der Waals surface area contributed by atoms with Gasteiger partial charge in [0.2, 0.25) is 5.52 Å². The Kier molecular flexibility index (Phi) is 3.93. The van der Waals surface area contributed by atoms with Crippen molar-refractivity contribution in [1.29, 1.82) is 0 Å². The first-order valence-electron chi connectivity index (χ1n) is 6.82. The first-order chi connectivity index (χ1) is 10.3. The highest BCUT2D eigenvalue weighted by Crippen LogP contribution is 2.28. The molecule has 0 atom stereocenters. The zero-order valence-corrected chi connectivity index (χ0v) is 11.4. The van der Waals surface area contributed by atoms with E-state index in [1.165, 1.54) is 6.07 Å². The fraction of sp³-hybridized carbons (Fsp3) is 0.500. The summed E-state index contributed by atoms with van der Waals surface area (Å²) in [5.74, 6) is 0. The zero-order valence-electron chi connectivity index (χ0n) is 11.4. The van der Waals surface area contributed by atoms with Crippen molar-refractivity contribution in [2.24, 2.45) is 0 Å². The number of benzene rings is 1. The maximum atomic E-state index is 10.9. The molecule has 0 bridgehead atoms. The third-order valence-electron chi connectivity index (χ3n) is 3.54. The SMILES string of the molecule is O=[N+]([O-])c1ccc(NCCN2CCNCC2)c2nonc12. The summed E-state index contributed by atoms with van der Waals surface area (Å²) in [4.78, 5) is 12.8. The fourth-order valence-corrected chi connectivity index (χ4v) is 2.43. The van der Waals surface area contributed by atoms with Gasteiger partial charge in [0.05, 0.1) is 10.6 Å². The van der Waals surface area contributed by atoms with Crippen molar-refractivity contribution in [2.75, 3.05) is 44.6 Å². The van der Waals surface area contributed by atoms with Crippen molar-refractivity contribution < 1.29 is 9.55 Å².